The molecule has 1 aliphatic heterocycles. The quantitative estimate of drug-likeness (QED) is 0.624. The lowest BCUT2D eigenvalue weighted by Crippen LogP contribution is -2.51. The fraction of sp³-hybridized carbons (Fsp3) is 1.00. The van der Waals surface area contributed by atoms with Crippen LogP contribution >= 0.6 is 0 Å². The number of ether oxygens (including phenoxy) is 1. The highest BCUT2D eigenvalue weighted by Gasteiger charge is 2.36. The van der Waals surface area contributed by atoms with Crippen molar-refractivity contribution in [1.29, 1.82) is 0 Å². The topological polar surface area (TPSA) is 70.7 Å². The first-order valence-corrected chi connectivity index (χ1v) is 9.35. The third-order valence-electron chi connectivity index (χ3n) is 4.41. The van der Waals surface area contributed by atoms with Crippen LogP contribution in [-0.2, 0) is 14.9 Å². The lowest BCUT2D eigenvalue weighted by molar-refractivity contribution is -0.0906. The summed E-state index contributed by atoms with van der Waals surface area (Å²) < 4.78 is 34.8. The molecule has 2 N–H and O–H groups in total. The van der Waals surface area contributed by atoms with Crippen molar-refractivity contribution in [3.05, 3.63) is 0 Å². The third kappa shape index (κ3) is 5.49. The zero-order valence-corrected chi connectivity index (χ0v) is 14.6. The van der Waals surface area contributed by atoms with Crippen molar-refractivity contribution in [2.75, 3.05) is 33.8 Å². The second kappa shape index (κ2) is 8.43. The first kappa shape index (κ1) is 18.8. The monoisotopic (exact) mass is 321 g/mol. The summed E-state index contributed by atoms with van der Waals surface area (Å²) in [6.07, 6.45) is 4.13. The minimum absolute atomic E-state index is 0.0320. The first-order valence-electron chi connectivity index (χ1n) is 7.91. The molecule has 6 nitrogen and oxygen atoms in total. The standard InChI is InChI=1S/C14H31N3O3S/c1-5-14(6-2)12-13(8-11-20-14)16-21(18,19)17(4)10-7-9-15-3/h13,15-16H,5-12H2,1-4H3. The number of hydrogen-bond donors (Lipinski definition) is 2. The maximum absolute atomic E-state index is 12.3. The Balaban J connectivity index is 2.58. The van der Waals surface area contributed by atoms with Gasteiger partial charge in [-0.3, -0.25) is 0 Å². The third-order valence-corrected chi connectivity index (χ3v) is 6.04. The van der Waals surface area contributed by atoms with Crippen molar-refractivity contribution in [2.45, 2.75) is 57.6 Å². The van der Waals surface area contributed by atoms with E-state index in [-0.39, 0.29) is 11.6 Å². The van der Waals surface area contributed by atoms with Crippen molar-refractivity contribution in [1.82, 2.24) is 14.3 Å². The SMILES string of the molecule is CCC1(CC)CC(NS(=O)(=O)N(C)CCCNC)CCO1. The highest BCUT2D eigenvalue weighted by atomic mass is 32.2. The Kier molecular flexibility index (Phi) is 7.56. The molecule has 0 aromatic heterocycles. The lowest BCUT2D eigenvalue weighted by Gasteiger charge is -2.40. The molecule has 1 aliphatic rings. The molecule has 21 heavy (non-hydrogen) atoms. The lowest BCUT2D eigenvalue weighted by atomic mass is 9.86. The maximum Gasteiger partial charge on any atom is 0.279 e. The molecule has 0 aromatic carbocycles. The summed E-state index contributed by atoms with van der Waals surface area (Å²) in [6.45, 7) is 6.16. The molecular formula is C14H31N3O3S. The molecule has 1 atom stereocenters. The van der Waals surface area contributed by atoms with Gasteiger partial charge in [0.1, 0.15) is 0 Å². The molecule has 0 amide bonds. The molecule has 0 bridgehead atoms. The van der Waals surface area contributed by atoms with E-state index in [2.05, 4.69) is 23.9 Å². The van der Waals surface area contributed by atoms with E-state index >= 15 is 0 Å². The van der Waals surface area contributed by atoms with Crippen LogP contribution in [0.3, 0.4) is 0 Å². The minimum Gasteiger partial charge on any atom is -0.375 e. The van der Waals surface area contributed by atoms with Crippen LogP contribution in [0.25, 0.3) is 0 Å². The van der Waals surface area contributed by atoms with E-state index in [0.29, 0.717) is 13.2 Å². The maximum atomic E-state index is 12.3. The van der Waals surface area contributed by atoms with Crippen LogP contribution in [0.1, 0.15) is 46.0 Å². The van der Waals surface area contributed by atoms with Crippen molar-refractivity contribution < 1.29 is 13.2 Å². The van der Waals surface area contributed by atoms with E-state index in [1.165, 1.54) is 4.31 Å². The fourth-order valence-electron chi connectivity index (χ4n) is 2.77. The van der Waals surface area contributed by atoms with Gasteiger partial charge in [-0.25, -0.2) is 0 Å². The van der Waals surface area contributed by atoms with Crippen LogP contribution < -0.4 is 10.0 Å². The normalized spacial score (nSPS) is 22.6. The predicted molar refractivity (Wildman–Crippen MR) is 85.5 cm³/mol. The van der Waals surface area contributed by atoms with Crippen molar-refractivity contribution in [3.63, 3.8) is 0 Å². The van der Waals surface area contributed by atoms with E-state index in [9.17, 15) is 8.42 Å². The summed E-state index contributed by atoms with van der Waals surface area (Å²) in [5, 5.41) is 3.02. The molecule has 1 rings (SSSR count). The van der Waals surface area contributed by atoms with E-state index in [1.54, 1.807) is 7.05 Å². The Bertz CT molecular complexity index is 396. The zero-order chi connectivity index (χ0) is 15.9. The van der Waals surface area contributed by atoms with Crippen LogP contribution in [0, 0.1) is 0 Å². The summed E-state index contributed by atoms with van der Waals surface area (Å²) >= 11 is 0. The Morgan fingerprint density at radius 2 is 2.00 bits per heavy atom. The highest BCUT2D eigenvalue weighted by molar-refractivity contribution is 7.87. The van der Waals surface area contributed by atoms with Gasteiger partial charge < -0.3 is 10.1 Å². The van der Waals surface area contributed by atoms with Gasteiger partial charge in [0.05, 0.1) is 5.60 Å². The fourth-order valence-corrected chi connectivity index (χ4v) is 3.94. The van der Waals surface area contributed by atoms with E-state index in [4.69, 9.17) is 4.74 Å². The summed E-state index contributed by atoms with van der Waals surface area (Å²) in [6, 6.07) is -0.0320. The van der Waals surface area contributed by atoms with Gasteiger partial charge in [-0.1, -0.05) is 13.8 Å². The minimum atomic E-state index is -3.41. The number of hydrogen-bond acceptors (Lipinski definition) is 4. The van der Waals surface area contributed by atoms with Crippen LogP contribution in [-0.4, -0.2) is 58.2 Å². The molecule has 1 unspecified atom stereocenters. The van der Waals surface area contributed by atoms with Gasteiger partial charge in [0.25, 0.3) is 10.2 Å². The number of nitrogens with one attached hydrogen (secondary N) is 2. The van der Waals surface area contributed by atoms with E-state index < -0.39 is 10.2 Å². The van der Waals surface area contributed by atoms with Gasteiger partial charge in [0, 0.05) is 26.2 Å². The molecular weight excluding hydrogens is 290 g/mol. The van der Waals surface area contributed by atoms with Crippen LogP contribution in [0.2, 0.25) is 0 Å². The summed E-state index contributed by atoms with van der Waals surface area (Å²) in [7, 11) is 0.0871. The summed E-state index contributed by atoms with van der Waals surface area (Å²) in [4.78, 5) is 0. The van der Waals surface area contributed by atoms with E-state index in [0.717, 1.165) is 38.6 Å². The smallest absolute Gasteiger partial charge is 0.279 e. The van der Waals surface area contributed by atoms with Gasteiger partial charge in [0.15, 0.2) is 0 Å². The van der Waals surface area contributed by atoms with Crippen LogP contribution in [0.4, 0.5) is 0 Å². The molecule has 7 heteroatoms. The average molecular weight is 321 g/mol. The number of nitrogens with zero attached hydrogens (tertiary/aromatic N) is 1. The molecule has 0 aromatic rings. The van der Waals surface area contributed by atoms with Crippen molar-refractivity contribution in [2.24, 2.45) is 0 Å². The number of rotatable bonds is 9. The van der Waals surface area contributed by atoms with E-state index in [1.807, 2.05) is 7.05 Å². The predicted octanol–water partition coefficient (Wildman–Crippen LogP) is 1.10. The molecule has 1 fully saturated rings. The molecule has 1 heterocycles. The van der Waals surface area contributed by atoms with Gasteiger partial charge in [-0.2, -0.15) is 17.4 Å². The van der Waals surface area contributed by atoms with Crippen LogP contribution in [0.5, 0.6) is 0 Å². The Labute approximate surface area is 129 Å². The Morgan fingerprint density at radius 1 is 1.33 bits per heavy atom. The molecule has 0 saturated carbocycles. The second-order valence-electron chi connectivity index (χ2n) is 5.83. The highest BCUT2D eigenvalue weighted by Crippen LogP contribution is 2.31. The zero-order valence-electron chi connectivity index (χ0n) is 13.8. The first-order chi connectivity index (χ1) is 9.89. The Hall–Kier alpha value is -0.210. The van der Waals surface area contributed by atoms with Gasteiger partial charge in [0.2, 0.25) is 0 Å². The molecule has 1 saturated heterocycles. The second-order valence-corrected chi connectivity index (χ2v) is 7.64. The average Bonchev–Trinajstić information content (AvgIpc) is 2.47. The molecule has 126 valence electrons. The van der Waals surface area contributed by atoms with Gasteiger partial charge >= 0.3 is 0 Å². The van der Waals surface area contributed by atoms with Gasteiger partial charge in [-0.15, -0.1) is 0 Å². The summed E-state index contributed by atoms with van der Waals surface area (Å²) in [5.41, 5.74) is -0.170. The van der Waals surface area contributed by atoms with Crippen molar-refractivity contribution in [3.8, 4) is 0 Å². The molecule has 0 spiro atoms. The van der Waals surface area contributed by atoms with Crippen molar-refractivity contribution >= 4 is 10.2 Å². The summed E-state index contributed by atoms with van der Waals surface area (Å²) in [5.74, 6) is 0. The largest absolute Gasteiger partial charge is 0.375 e. The molecule has 0 aliphatic carbocycles. The Morgan fingerprint density at radius 3 is 2.57 bits per heavy atom. The van der Waals surface area contributed by atoms with Crippen LogP contribution in [0.15, 0.2) is 0 Å². The molecule has 0 radical (unpaired) electrons. The van der Waals surface area contributed by atoms with Gasteiger partial charge in [-0.05, 0) is 45.7 Å².